The fraction of sp³-hybridized carbons (Fsp3) is 0.471. The highest BCUT2D eigenvalue weighted by Crippen LogP contribution is 2.35. The number of aromatic nitrogens is 2. The van der Waals surface area contributed by atoms with Gasteiger partial charge in [0.05, 0.1) is 5.92 Å². The number of likely N-dealkylation sites (tertiary alicyclic amines) is 1. The molecule has 1 aliphatic heterocycles. The Bertz CT molecular complexity index is 705. The van der Waals surface area contributed by atoms with Crippen molar-refractivity contribution in [2.24, 2.45) is 0 Å². The van der Waals surface area contributed by atoms with Gasteiger partial charge < -0.3 is 9.42 Å². The molecule has 0 N–H and O–H groups in total. The lowest BCUT2D eigenvalue weighted by Gasteiger charge is -2.30. The highest BCUT2D eigenvalue weighted by Gasteiger charge is 2.38. The average molecular weight is 297 g/mol. The molecular weight excluding hydrogens is 278 g/mol. The maximum absolute atomic E-state index is 12.0. The molecule has 1 atom stereocenters. The molecule has 0 bridgehead atoms. The van der Waals surface area contributed by atoms with Crippen molar-refractivity contribution in [2.45, 2.75) is 44.6 Å². The zero-order valence-electron chi connectivity index (χ0n) is 12.7. The molecule has 0 unspecified atom stereocenters. The van der Waals surface area contributed by atoms with Crippen LogP contribution < -0.4 is 0 Å². The van der Waals surface area contributed by atoms with Gasteiger partial charge in [0.1, 0.15) is 0 Å². The summed E-state index contributed by atoms with van der Waals surface area (Å²) in [5, 5.41) is 4.14. The summed E-state index contributed by atoms with van der Waals surface area (Å²) in [6, 6.07) is 8.48. The maximum atomic E-state index is 12.0. The highest BCUT2D eigenvalue weighted by atomic mass is 16.5. The minimum absolute atomic E-state index is 0.170. The largest absolute Gasteiger partial charge is 0.339 e. The van der Waals surface area contributed by atoms with Crippen molar-refractivity contribution in [1.82, 2.24) is 15.0 Å². The Morgan fingerprint density at radius 1 is 1.23 bits per heavy atom. The van der Waals surface area contributed by atoms with Gasteiger partial charge in [-0.3, -0.25) is 4.79 Å². The van der Waals surface area contributed by atoms with Crippen LogP contribution in [0.3, 0.4) is 0 Å². The van der Waals surface area contributed by atoms with E-state index in [4.69, 9.17) is 4.52 Å². The molecule has 5 heteroatoms. The van der Waals surface area contributed by atoms with E-state index < -0.39 is 0 Å². The molecule has 0 spiro atoms. The van der Waals surface area contributed by atoms with Gasteiger partial charge in [-0.2, -0.15) is 4.98 Å². The van der Waals surface area contributed by atoms with Crippen LogP contribution in [0, 0.1) is 6.92 Å². The van der Waals surface area contributed by atoms with Crippen LogP contribution in [0.4, 0.5) is 0 Å². The second-order valence-electron chi connectivity index (χ2n) is 6.28. The lowest BCUT2D eigenvalue weighted by atomic mass is 9.97. The summed E-state index contributed by atoms with van der Waals surface area (Å²) < 4.78 is 5.50. The third-order valence-electron chi connectivity index (χ3n) is 4.61. The summed E-state index contributed by atoms with van der Waals surface area (Å²) in [5.74, 6) is 1.75. The van der Waals surface area contributed by atoms with Gasteiger partial charge in [-0.05, 0) is 31.7 Å². The molecule has 2 fully saturated rings. The summed E-state index contributed by atoms with van der Waals surface area (Å²) in [7, 11) is 0. The first kappa shape index (κ1) is 13.5. The fourth-order valence-electron chi connectivity index (χ4n) is 3.15. The van der Waals surface area contributed by atoms with Crippen molar-refractivity contribution in [3.63, 3.8) is 0 Å². The zero-order chi connectivity index (χ0) is 15.1. The molecule has 4 rings (SSSR count). The van der Waals surface area contributed by atoms with Crippen LogP contribution in [-0.4, -0.2) is 33.5 Å². The second kappa shape index (κ2) is 5.23. The van der Waals surface area contributed by atoms with E-state index in [0.717, 1.165) is 36.9 Å². The minimum atomic E-state index is 0.170. The van der Waals surface area contributed by atoms with Crippen molar-refractivity contribution in [3.8, 4) is 11.4 Å². The summed E-state index contributed by atoms with van der Waals surface area (Å²) in [4.78, 5) is 18.6. The van der Waals surface area contributed by atoms with Gasteiger partial charge >= 0.3 is 0 Å². The third-order valence-corrected chi connectivity index (χ3v) is 4.61. The van der Waals surface area contributed by atoms with E-state index in [2.05, 4.69) is 10.1 Å². The average Bonchev–Trinajstić information content (AvgIpc) is 3.25. The van der Waals surface area contributed by atoms with Crippen LogP contribution >= 0.6 is 0 Å². The van der Waals surface area contributed by atoms with Crippen LogP contribution in [0.25, 0.3) is 11.4 Å². The summed E-state index contributed by atoms with van der Waals surface area (Å²) in [6.45, 7) is 2.76. The maximum Gasteiger partial charge on any atom is 0.231 e. The Balaban J connectivity index is 1.56. The van der Waals surface area contributed by atoms with Crippen LogP contribution in [0.2, 0.25) is 0 Å². The number of benzene rings is 1. The second-order valence-corrected chi connectivity index (χ2v) is 6.28. The van der Waals surface area contributed by atoms with Crippen LogP contribution in [0.1, 0.15) is 43.1 Å². The van der Waals surface area contributed by atoms with Gasteiger partial charge in [0.25, 0.3) is 0 Å². The third kappa shape index (κ3) is 2.40. The number of rotatable bonds is 3. The van der Waals surface area contributed by atoms with Gasteiger partial charge in [0, 0.05) is 24.6 Å². The number of carbonyl (C=O) groups is 1. The molecular formula is C17H19N3O2. The van der Waals surface area contributed by atoms with Crippen molar-refractivity contribution >= 4 is 5.91 Å². The Kier molecular flexibility index (Phi) is 3.21. The number of piperidine rings is 1. The number of hydrogen-bond donors (Lipinski definition) is 0. The molecule has 2 heterocycles. The zero-order valence-corrected chi connectivity index (χ0v) is 12.7. The van der Waals surface area contributed by atoms with Crippen molar-refractivity contribution in [3.05, 3.63) is 35.7 Å². The quantitative estimate of drug-likeness (QED) is 0.874. The molecule has 2 aliphatic rings. The molecule has 22 heavy (non-hydrogen) atoms. The SMILES string of the molecule is Cc1ccccc1-c1noc([C@H]2CCC(=O)N(C3CC3)C2)n1. The fourth-order valence-corrected chi connectivity index (χ4v) is 3.15. The molecule has 1 saturated carbocycles. The normalized spacial score (nSPS) is 22.1. The van der Waals surface area contributed by atoms with Crippen molar-refractivity contribution < 1.29 is 9.32 Å². The topological polar surface area (TPSA) is 59.2 Å². The molecule has 114 valence electrons. The predicted octanol–water partition coefficient (Wildman–Crippen LogP) is 2.91. The summed E-state index contributed by atoms with van der Waals surface area (Å²) in [5.41, 5.74) is 2.14. The molecule has 0 radical (unpaired) electrons. The first-order chi connectivity index (χ1) is 10.7. The molecule has 1 amide bonds. The highest BCUT2D eigenvalue weighted by molar-refractivity contribution is 5.78. The Morgan fingerprint density at radius 3 is 2.82 bits per heavy atom. The van der Waals surface area contributed by atoms with Crippen LogP contribution in [-0.2, 0) is 4.79 Å². The standard InChI is InChI=1S/C17H19N3O2/c1-11-4-2-3-5-14(11)16-18-17(22-19-16)12-6-9-15(21)20(10-12)13-7-8-13/h2-5,12-13H,6-10H2,1H3/t12-/m0/s1. The van der Waals surface area contributed by atoms with E-state index in [1.54, 1.807) is 0 Å². The predicted molar refractivity (Wildman–Crippen MR) is 81.2 cm³/mol. The van der Waals surface area contributed by atoms with Gasteiger partial charge in [0.2, 0.25) is 17.6 Å². The number of aryl methyl sites for hydroxylation is 1. The molecule has 1 saturated heterocycles. The molecule has 1 aromatic heterocycles. The van der Waals surface area contributed by atoms with Gasteiger partial charge in [-0.1, -0.05) is 29.4 Å². The van der Waals surface area contributed by atoms with E-state index in [9.17, 15) is 4.79 Å². The molecule has 1 aliphatic carbocycles. The monoisotopic (exact) mass is 297 g/mol. The van der Waals surface area contributed by atoms with E-state index in [1.807, 2.05) is 36.1 Å². The Labute approximate surface area is 129 Å². The Morgan fingerprint density at radius 2 is 2.05 bits per heavy atom. The lowest BCUT2D eigenvalue weighted by molar-refractivity contribution is -0.134. The smallest absolute Gasteiger partial charge is 0.231 e. The summed E-state index contributed by atoms with van der Waals surface area (Å²) in [6.07, 6.45) is 3.66. The van der Waals surface area contributed by atoms with Gasteiger partial charge in [-0.15, -0.1) is 0 Å². The van der Waals surface area contributed by atoms with E-state index in [-0.39, 0.29) is 11.8 Å². The first-order valence-corrected chi connectivity index (χ1v) is 7.91. The van der Waals surface area contributed by atoms with Gasteiger partial charge in [-0.25, -0.2) is 0 Å². The van der Waals surface area contributed by atoms with E-state index in [1.165, 1.54) is 0 Å². The number of carbonyl (C=O) groups excluding carboxylic acids is 1. The van der Waals surface area contributed by atoms with Crippen molar-refractivity contribution in [1.29, 1.82) is 0 Å². The number of nitrogens with zero attached hydrogens (tertiary/aromatic N) is 3. The van der Waals surface area contributed by atoms with Crippen molar-refractivity contribution in [2.75, 3.05) is 6.54 Å². The van der Waals surface area contributed by atoms with E-state index in [0.29, 0.717) is 24.2 Å². The number of amides is 1. The minimum Gasteiger partial charge on any atom is -0.339 e. The first-order valence-electron chi connectivity index (χ1n) is 7.91. The van der Waals surface area contributed by atoms with Crippen LogP contribution in [0.5, 0.6) is 0 Å². The molecule has 1 aromatic carbocycles. The van der Waals surface area contributed by atoms with Crippen LogP contribution in [0.15, 0.2) is 28.8 Å². The number of hydrogen-bond acceptors (Lipinski definition) is 4. The van der Waals surface area contributed by atoms with Gasteiger partial charge in [0.15, 0.2) is 0 Å². The summed E-state index contributed by atoms with van der Waals surface area (Å²) >= 11 is 0. The molecule has 5 nitrogen and oxygen atoms in total. The lowest BCUT2D eigenvalue weighted by Crippen LogP contribution is -2.40. The Hall–Kier alpha value is -2.17. The van der Waals surface area contributed by atoms with E-state index >= 15 is 0 Å². The molecule has 2 aromatic rings.